The first kappa shape index (κ1) is 38.6. The Morgan fingerprint density at radius 1 is 0.745 bits per heavy atom. The predicted molar refractivity (Wildman–Crippen MR) is 192 cm³/mol. The number of carbonyl (C=O) groups excluding carboxylic acids is 1. The zero-order chi connectivity index (χ0) is 34.2. The number of sulfone groups is 1. The van der Waals surface area contributed by atoms with Crippen molar-refractivity contribution >= 4 is 61.9 Å². The van der Waals surface area contributed by atoms with Crippen molar-refractivity contribution in [3.63, 3.8) is 0 Å². The smallest absolute Gasteiger partial charge is 0.243 e. The van der Waals surface area contributed by atoms with Crippen LogP contribution in [0.4, 0.5) is 11.4 Å². The van der Waals surface area contributed by atoms with E-state index in [1.807, 2.05) is 0 Å². The van der Waals surface area contributed by atoms with E-state index in [9.17, 15) is 18.3 Å². The summed E-state index contributed by atoms with van der Waals surface area (Å²) in [5.74, 6) is 0.0425. The van der Waals surface area contributed by atoms with E-state index in [-0.39, 0.29) is 40.2 Å². The van der Waals surface area contributed by atoms with Crippen LogP contribution in [0.2, 0.25) is 15.1 Å². The van der Waals surface area contributed by atoms with Gasteiger partial charge in [0.15, 0.2) is 16.6 Å². The Kier molecular flexibility index (Phi) is 16.3. The van der Waals surface area contributed by atoms with Crippen LogP contribution in [0.15, 0.2) is 59.5 Å². The van der Waals surface area contributed by atoms with Crippen molar-refractivity contribution in [2.75, 3.05) is 24.0 Å². The number of rotatable bonds is 21. The molecule has 3 aromatic rings. The maximum atomic E-state index is 13.4. The predicted octanol–water partition coefficient (Wildman–Crippen LogP) is 10.3. The highest BCUT2D eigenvalue weighted by Gasteiger charge is 2.33. The molecule has 0 aliphatic carbocycles. The Hall–Kier alpha value is -2.85. The number of amides is 1. The number of phenols is 1. The fourth-order valence-electron chi connectivity index (χ4n) is 4.99. The largest absolute Gasteiger partial charge is 0.506 e. The van der Waals surface area contributed by atoms with Gasteiger partial charge in [0.2, 0.25) is 5.91 Å². The molecule has 0 saturated carbocycles. The Bertz CT molecular complexity index is 1540. The van der Waals surface area contributed by atoms with Crippen molar-refractivity contribution in [3.8, 4) is 17.2 Å². The Morgan fingerprint density at radius 2 is 1.36 bits per heavy atom. The third kappa shape index (κ3) is 12.3. The number of ether oxygens (including phenoxy) is 2. The SMILES string of the molecule is CCCCCCCCCCCCOc1ccc(S(=O)(=O)C(CC)C(=O)Nc2cc(O)c(NCOc3ccc(Cl)c(Cl)c3)cc2Cl)cc1. The number of phenolic OH excluding ortho intramolecular Hbond substituents is 1. The summed E-state index contributed by atoms with van der Waals surface area (Å²) in [5.41, 5.74) is 0.303. The molecule has 47 heavy (non-hydrogen) atoms. The van der Waals surface area contributed by atoms with Gasteiger partial charge in [0.25, 0.3) is 0 Å². The number of anilines is 2. The summed E-state index contributed by atoms with van der Waals surface area (Å²) in [5, 5.41) is 15.4. The molecule has 0 radical (unpaired) electrons. The Balaban J connectivity index is 1.49. The fourth-order valence-corrected chi connectivity index (χ4v) is 7.11. The van der Waals surface area contributed by atoms with Gasteiger partial charge in [-0.1, -0.05) is 106 Å². The van der Waals surface area contributed by atoms with E-state index in [0.29, 0.717) is 28.2 Å². The van der Waals surface area contributed by atoms with E-state index >= 15 is 0 Å². The summed E-state index contributed by atoms with van der Waals surface area (Å²) in [4.78, 5) is 13.2. The number of halogens is 3. The molecule has 258 valence electrons. The summed E-state index contributed by atoms with van der Waals surface area (Å²) in [6, 6.07) is 13.6. The van der Waals surface area contributed by atoms with Crippen molar-refractivity contribution in [2.24, 2.45) is 0 Å². The molecule has 0 fully saturated rings. The first-order valence-corrected chi connectivity index (χ1v) is 18.9. The number of aromatic hydroxyl groups is 1. The molecule has 0 aliphatic heterocycles. The van der Waals surface area contributed by atoms with Crippen molar-refractivity contribution in [1.82, 2.24) is 0 Å². The van der Waals surface area contributed by atoms with Crippen LogP contribution in [0.1, 0.15) is 84.5 Å². The highest BCUT2D eigenvalue weighted by Crippen LogP contribution is 2.35. The van der Waals surface area contributed by atoms with Gasteiger partial charge in [0.05, 0.1) is 37.9 Å². The second-order valence-corrected chi connectivity index (χ2v) is 14.7. The summed E-state index contributed by atoms with van der Waals surface area (Å²) < 4.78 is 38.2. The van der Waals surface area contributed by atoms with Gasteiger partial charge in [-0.2, -0.15) is 0 Å². The van der Waals surface area contributed by atoms with Crippen LogP contribution in [-0.2, 0) is 14.6 Å². The number of hydrogen-bond donors (Lipinski definition) is 3. The second-order valence-electron chi connectivity index (χ2n) is 11.3. The molecule has 1 unspecified atom stereocenters. The number of benzene rings is 3. The third-order valence-corrected chi connectivity index (χ3v) is 11.0. The zero-order valence-electron chi connectivity index (χ0n) is 27.0. The van der Waals surface area contributed by atoms with Gasteiger partial charge in [0.1, 0.15) is 22.5 Å². The molecule has 0 spiro atoms. The molecule has 1 amide bonds. The Labute approximate surface area is 294 Å². The monoisotopic (exact) mass is 726 g/mol. The molecule has 0 heterocycles. The number of carbonyl (C=O) groups is 1. The lowest BCUT2D eigenvalue weighted by Crippen LogP contribution is -2.34. The molecule has 1 atom stereocenters. The van der Waals surface area contributed by atoms with Crippen LogP contribution in [0.5, 0.6) is 17.2 Å². The summed E-state index contributed by atoms with van der Waals surface area (Å²) in [6.45, 7) is 4.38. The lowest BCUT2D eigenvalue weighted by atomic mass is 10.1. The van der Waals surface area contributed by atoms with Gasteiger partial charge in [-0.15, -0.1) is 0 Å². The summed E-state index contributed by atoms with van der Waals surface area (Å²) >= 11 is 18.3. The molecular weight excluding hydrogens is 683 g/mol. The number of hydrogen-bond acceptors (Lipinski definition) is 7. The molecule has 0 aromatic heterocycles. The molecule has 0 saturated heterocycles. The quantitative estimate of drug-likeness (QED) is 0.0568. The minimum atomic E-state index is -4.03. The molecule has 0 aliphatic rings. The van der Waals surface area contributed by atoms with Crippen LogP contribution < -0.4 is 20.1 Å². The number of unbranched alkanes of at least 4 members (excludes halogenated alkanes) is 9. The van der Waals surface area contributed by atoms with Gasteiger partial charge < -0.3 is 25.2 Å². The maximum Gasteiger partial charge on any atom is 0.243 e. The van der Waals surface area contributed by atoms with E-state index in [2.05, 4.69) is 17.6 Å². The molecule has 3 rings (SSSR count). The lowest BCUT2D eigenvalue weighted by Gasteiger charge is -2.18. The average Bonchev–Trinajstić information content (AvgIpc) is 3.04. The van der Waals surface area contributed by atoms with Gasteiger partial charge >= 0.3 is 0 Å². The van der Waals surface area contributed by atoms with Crippen LogP contribution >= 0.6 is 34.8 Å². The van der Waals surface area contributed by atoms with Crippen molar-refractivity contribution in [3.05, 3.63) is 69.7 Å². The fraction of sp³-hybridized carbons (Fsp3) is 0.457. The van der Waals surface area contributed by atoms with E-state index < -0.39 is 21.0 Å². The standard InChI is InChI=1S/C35H45Cl3N2O6S/c1-3-5-6-7-8-9-10-11-12-13-20-45-25-14-17-27(18-15-25)47(43,44)34(4-2)35(42)40-31-23-33(41)32(22-30(31)38)39-24-46-26-16-19-28(36)29(37)21-26/h14-19,21-23,34,39,41H,3-13,20,24H2,1-2H3,(H,40,42). The molecule has 8 nitrogen and oxygen atoms in total. The first-order valence-electron chi connectivity index (χ1n) is 16.2. The average molecular weight is 728 g/mol. The van der Waals surface area contributed by atoms with Crippen LogP contribution in [0.25, 0.3) is 0 Å². The molecular formula is C35H45Cl3N2O6S. The summed E-state index contributed by atoms with van der Waals surface area (Å²) in [6.07, 6.45) is 12.4. The zero-order valence-corrected chi connectivity index (χ0v) is 30.1. The first-order chi connectivity index (χ1) is 22.6. The third-order valence-electron chi connectivity index (χ3n) is 7.69. The van der Waals surface area contributed by atoms with E-state index in [1.165, 1.54) is 75.6 Å². The van der Waals surface area contributed by atoms with E-state index in [0.717, 1.165) is 12.8 Å². The molecule has 3 N–H and O–H groups in total. The van der Waals surface area contributed by atoms with Crippen molar-refractivity contribution in [1.29, 1.82) is 0 Å². The van der Waals surface area contributed by atoms with Crippen LogP contribution in [0.3, 0.4) is 0 Å². The van der Waals surface area contributed by atoms with E-state index in [1.54, 1.807) is 37.3 Å². The second kappa shape index (κ2) is 19.8. The highest BCUT2D eigenvalue weighted by molar-refractivity contribution is 7.92. The number of nitrogens with one attached hydrogen (secondary N) is 2. The minimum absolute atomic E-state index is 0.0150. The van der Waals surface area contributed by atoms with Crippen molar-refractivity contribution < 1.29 is 27.8 Å². The van der Waals surface area contributed by atoms with Gasteiger partial charge in [-0.25, -0.2) is 8.42 Å². The topological polar surface area (TPSA) is 114 Å². The van der Waals surface area contributed by atoms with Gasteiger partial charge in [0, 0.05) is 12.1 Å². The summed E-state index contributed by atoms with van der Waals surface area (Å²) in [7, 11) is -4.03. The highest BCUT2D eigenvalue weighted by atomic mass is 35.5. The lowest BCUT2D eigenvalue weighted by molar-refractivity contribution is -0.115. The maximum absolute atomic E-state index is 13.4. The molecule has 3 aromatic carbocycles. The van der Waals surface area contributed by atoms with Gasteiger partial charge in [-0.05, 0) is 55.3 Å². The van der Waals surface area contributed by atoms with E-state index in [4.69, 9.17) is 44.3 Å². The molecule has 0 bridgehead atoms. The van der Waals surface area contributed by atoms with Crippen LogP contribution in [-0.4, -0.2) is 38.0 Å². The Morgan fingerprint density at radius 3 is 1.98 bits per heavy atom. The minimum Gasteiger partial charge on any atom is -0.506 e. The van der Waals surface area contributed by atoms with Crippen LogP contribution in [0, 0.1) is 0 Å². The molecule has 12 heteroatoms. The van der Waals surface area contributed by atoms with Crippen molar-refractivity contribution in [2.45, 2.75) is 94.6 Å². The normalized spacial score (nSPS) is 12.0. The van der Waals surface area contributed by atoms with Gasteiger partial charge in [-0.3, -0.25) is 4.79 Å².